The highest BCUT2D eigenvalue weighted by molar-refractivity contribution is 5.96. The van der Waals surface area contributed by atoms with Gasteiger partial charge in [0.25, 0.3) is 5.91 Å². The van der Waals surface area contributed by atoms with Crippen molar-refractivity contribution in [3.8, 4) is 5.75 Å². The number of hydrogen-bond acceptors (Lipinski definition) is 2. The van der Waals surface area contributed by atoms with Crippen molar-refractivity contribution in [2.24, 2.45) is 0 Å². The molecule has 0 aliphatic heterocycles. The smallest absolute Gasteiger partial charge is 0.255 e. The Kier molecular flexibility index (Phi) is 5.68. The maximum absolute atomic E-state index is 13.5. The maximum atomic E-state index is 13.5. The highest BCUT2D eigenvalue weighted by Gasteiger charge is 2.13. The molecule has 3 nitrogen and oxygen atoms in total. The summed E-state index contributed by atoms with van der Waals surface area (Å²) in [5.41, 5.74) is 0.791. The van der Waals surface area contributed by atoms with Crippen LogP contribution in [-0.2, 0) is 6.42 Å². The number of hydrogen-bond donors (Lipinski definition) is 1. The van der Waals surface area contributed by atoms with E-state index in [-0.39, 0.29) is 25.0 Å². The molecule has 0 bridgehead atoms. The van der Waals surface area contributed by atoms with Crippen LogP contribution in [-0.4, -0.2) is 18.6 Å². The van der Waals surface area contributed by atoms with Crippen LogP contribution in [0.15, 0.2) is 42.5 Å². The first kappa shape index (κ1) is 16.9. The fourth-order valence-electron chi connectivity index (χ4n) is 2.14. The van der Waals surface area contributed by atoms with Gasteiger partial charge in [-0.1, -0.05) is 18.2 Å². The lowest BCUT2D eigenvalue weighted by Gasteiger charge is -2.14. The maximum Gasteiger partial charge on any atom is 0.255 e. The molecule has 0 heterocycles. The van der Waals surface area contributed by atoms with Gasteiger partial charge >= 0.3 is 0 Å². The predicted molar refractivity (Wildman–Crippen MR) is 84.6 cm³/mol. The van der Waals surface area contributed by atoms with Gasteiger partial charge in [0.15, 0.2) is 0 Å². The summed E-state index contributed by atoms with van der Waals surface area (Å²) in [5, 5.41) is 2.72. The summed E-state index contributed by atoms with van der Waals surface area (Å²) < 4.78 is 32.0. The van der Waals surface area contributed by atoms with Crippen molar-refractivity contribution in [2.75, 3.05) is 6.54 Å². The van der Waals surface area contributed by atoms with Crippen molar-refractivity contribution in [3.63, 3.8) is 0 Å². The van der Waals surface area contributed by atoms with Gasteiger partial charge in [0.05, 0.1) is 11.7 Å². The second-order valence-electron chi connectivity index (χ2n) is 5.40. The van der Waals surface area contributed by atoms with Crippen LogP contribution < -0.4 is 10.1 Å². The molecule has 0 aliphatic carbocycles. The molecule has 0 aromatic heterocycles. The third-order valence-electron chi connectivity index (χ3n) is 3.19. The molecule has 0 spiro atoms. The first-order valence-electron chi connectivity index (χ1n) is 7.45. The number of amides is 1. The molecule has 122 valence electrons. The zero-order valence-corrected chi connectivity index (χ0v) is 13.1. The number of nitrogens with one attached hydrogen (secondary N) is 1. The second-order valence-corrected chi connectivity index (χ2v) is 5.40. The number of carbonyl (C=O) groups is 1. The van der Waals surface area contributed by atoms with Gasteiger partial charge in [-0.25, -0.2) is 8.78 Å². The monoisotopic (exact) mass is 319 g/mol. The van der Waals surface area contributed by atoms with E-state index >= 15 is 0 Å². The molecule has 0 unspecified atom stereocenters. The predicted octanol–water partition coefficient (Wildman–Crippen LogP) is 3.72. The summed E-state index contributed by atoms with van der Waals surface area (Å²) in [6.45, 7) is 4.01. The summed E-state index contributed by atoms with van der Waals surface area (Å²) in [5.74, 6) is -1.01. The van der Waals surface area contributed by atoms with E-state index in [4.69, 9.17) is 4.74 Å². The van der Waals surface area contributed by atoms with Crippen molar-refractivity contribution in [1.82, 2.24) is 5.32 Å². The van der Waals surface area contributed by atoms with Gasteiger partial charge in [-0.2, -0.15) is 0 Å². The Bertz CT molecular complexity index is 686. The summed E-state index contributed by atoms with van der Waals surface area (Å²) in [6.07, 6.45) is 0.239. The molecule has 2 rings (SSSR count). The molecule has 5 heteroatoms. The van der Waals surface area contributed by atoms with Gasteiger partial charge < -0.3 is 10.1 Å². The number of rotatable bonds is 6. The van der Waals surface area contributed by atoms with E-state index in [0.29, 0.717) is 16.9 Å². The molecule has 0 radical (unpaired) electrons. The minimum absolute atomic E-state index is 0.0442. The van der Waals surface area contributed by atoms with Crippen molar-refractivity contribution < 1.29 is 18.3 Å². The van der Waals surface area contributed by atoms with E-state index in [1.807, 2.05) is 13.8 Å². The third kappa shape index (κ3) is 4.77. The highest BCUT2D eigenvalue weighted by atomic mass is 19.1. The normalized spacial score (nSPS) is 10.7. The van der Waals surface area contributed by atoms with Gasteiger partial charge in [0.1, 0.15) is 17.4 Å². The van der Waals surface area contributed by atoms with Crippen molar-refractivity contribution in [2.45, 2.75) is 26.4 Å². The third-order valence-corrected chi connectivity index (χ3v) is 3.19. The molecule has 1 N–H and O–H groups in total. The van der Waals surface area contributed by atoms with Gasteiger partial charge in [-0.05, 0) is 44.0 Å². The topological polar surface area (TPSA) is 38.3 Å². The standard InChI is InChI=1S/C18H19F2NO2/c1-12(2)23-17-6-4-3-5-15(17)18(22)21-10-9-13-7-8-14(19)11-16(13)20/h3-8,11-12H,9-10H2,1-2H3,(H,21,22). The molecule has 0 aliphatic rings. The average molecular weight is 319 g/mol. The molecular weight excluding hydrogens is 300 g/mol. The zero-order chi connectivity index (χ0) is 16.8. The number of halogens is 2. The quantitative estimate of drug-likeness (QED) is 0.881. The van der Waals surface area contributed by atoms with Crippen LogP contribution in [0.4, 0.5) is 8.78 Å². The molecule has 1 amide bonds. The van der Waals surface area contributed by atoms with Crippen LogP contribution >= 0.6 is 0 Å². The van der Waals surface area contributed by atoms with Gasteiger partial charge in [0.2, 0.25) is 0 Å². The fraction of sp³-hybridized carbons (Fsp3) is 0.278. The molecular formula is C18H19F2NO2. The summed E-state index contributed by atoms with van der Waals surface area (Å²) >= 11 is 0. The van der Waals surface area contributed by atoms with Crippen LogP contribution in [0.1, 0.15) is 29.8 Å². The number of carbonyl (C=O) groups excluding carboxylic acids is 1. The molecule has 0 saturated heterocycles. The summed E-state index contributed by atoms with van der Waals surface area (Å²) in [4.78, 5) is 12.2. The van der Waals surface area contributed by atoms with Gasteiger partial charge in [-0.15, -0.1) is 0 Å². The Morgan fingerprint density at radius 3 is 2.61 bits per heavy atom. The SMILES string of the molecule is CC(C)Oc1ccccc1C(=O)NCCc1ccc(F)cc1F. The minimum Gasteiger partial charge on any atom is -0.490 e. The van der Waals surface area contributed by atoms with E-state index in [2.05, 4.69) is 5.32 Å². The number of para-hydroxylation sites is 1. The van der Waals surface area contributed by atoms with Crippen LogP contribution in [0, 0.1) is 11.6 Å². The summed E-state index contributed by atoms with van der Waals surface area (Å²) in [7, 11) is 0. The summed E-state index contributed by atoms with van der Waals surface area (Å²) in [6, 6.07) is 10.4. The Balaban J connectivity index is 1.97. The van der Waals surface area contributed by atoms with Crippen molar-refractivity contribution >= 4 is 5.91 Å². The van der Waals surface area contributed by atoms with Crippen LogP contribution in [0.3, 0.4) is 0 Å². The average Bonchev–Trinajstić information content (AvgIpc) is 2.49. The van der Waals surface area contributed by atoms with Crippen LogP contribution in [0.5, 0.6) is 5.75 Å². The van der Waals surface area contributed by atoms with Crippen LogP contribution in [0.25, 0.3) is 0 Å². The number of ether oxygens (including phenoxy) is 1. The second kappa shape index (κ2) is 7.72. The Morgan fingerprint density at radius 2 is 1.91 bits per heavy atom. The number of benzene rings is 2. The van der Waals surface area contributed by atoms with E-state index in [9.17, 15) is 13.6 Å². The lowest BCUT2D eigenvalue weighted by Crippen LogP contribution is -2.26. The lowest BCUT2D eigenvalue weighted by atomic mass is 10.1. The lowest BCUT2D eigenvalue weighted by molar-refractivity contribution is 0.0948. The van der Waals surface area contributed by atoms with E-state index in [0.717, 1.165) is 6.07 Å². The Hall–Kier alpha value is -2.43. The highest BCUT2D eigenvalue weighted by Crippen LogP contribution is 2.19. The van der Waals surface area contributed by atoms with E-state index in [1.54, 1.807) is 24.3 Å². The first-order valence-corrected chi connectivity index (χ1v) is 7.45. The van der Waals surface area contributed by atoms with E-state index in [1.165, 1.54) is 12.1 Å². The fourth-order valence-corrected chi connectivity index (χ4v) is 2.14. The minimum atomic E-state index is -0.616. The zero-order valence-electron chi connectivity index (χ0n) is 13.1. The largest absolute Gasteiger partial charge is 0.490 e. The molecule has 0 saturated carbocycles. The van der Waals surface area contributed by atoms with Gasteiger partial charge in [-0.3, -0.25) is 4.79 Å². The van der Waals surface area contributed by atoms with E-state index < -0.39 is 11.6 Å². The molecule has 0 atom stereocenters. The first-order chi connectivity index (χ1) is 11.0. The van der Waals surface area contributed by atoms with Gasteiger partial charge in [0, 0.05) is 12.6 Å². The molecule has 0 fully saturated rings. The van der Waals surface area contributed by atoms with Crippen LogP contribution in [0.2, 0.25) is 0 Å². The molecule has 2 aromatic carbocycles. The Labute approximate surface area is 134 Å². The molecule has 2 aromatic rings. The Morgan fingerprint density at radius 1 is 1.17 bits per heavy atom. The van der Waals surface area contributed by atoms with Crippen molar-refractivity contribution in [1.29, 1.82) is 0 Å². The molecule has 23 heavy (non-hydrogen) atoms. The van der Waals surface area contributed by atoms with Crippen molar-refractivity contribution in [3.05, 3.63) is 65.2 Å².